The molecule has 2 aliphatic carbocycles. The third-order valence-corrected chi connectivity index (χ3v) is 12.8. The van der Waals surface area contributed by atoms with Gasteiger partial charge in [-0.1, -0.05) is 103 Å². The van der Waals surface area contributed by atoms with Gasteiger partial charge in [0.1, 0.15) is 11.9 Å². The molecule has 7 heteroatoms. The number of hydrogen-bond donors (Lipinski definition) is 1. The number of benzene rings is 4. The summed E-state index contributed by atoms with van der Waals surface area (Å²) >= 11 is 0. The SMILES string of the molecule is C=CCN1CC[C@]23c4c5c(O)cc(OC(C)=O)c4O[C@H]2[C@@H](N(CC(c2ccccc2)c2ccccc2)C(=O)CCCCCc2ccccc2)CC[C@H]3[C@H]1C5. The number of aromatic hydroxyl groups is 1. The van der Waals surface area contributed by atoms with Gasteiger partial charge in [-0.25, -0.2) is 0 Å². The number of hydrogen-bond acceptors (Lipinski definition) is 6. The molecule has 1 saturated heterocycles. The van der Waals surface area contributed by atoms with E-state index in [0.717, 1.165) is 69.2 Å². The van der Waals surface area contributed by atoms with Crippen molar-refractivity contribution >= 4 is 11.9 Å². The van der Waals surface area contributed by atoms with Crippen LogP contribution < -0.4 is 9.47 Å². The number of phenols is 1. The Kier molecular flexibility index (Phi) is 10.3. The number of carbonyl (C=O) groups is 2. The first-order chi connectivity index (χ1) is 26.4. The lowest BCUT2D eigenvalue weighted by atomic mass is 9.50. The maximum absolute atomic E-state index is 14.9. The monoisotopic (exact) mass is 724 g/mol. The molecule has 4 aromatic carbocycles. The third-order valence-electron chi connectivity index (χ3n) is 12.8. The second-order valence-corrected chi connectivity index (χ2v) is 15.8. The summed E-state index contributed by atoms with van der Waals surface area (Å²) in [6.07, 6.45) is 9.22. The Morgan fingerprint density at radius 2 is 1.67 bits per heavy atom. The molecule has 1 amide bonds. The van der Waals surface area contributed by atoms with E-state index >= 15 is 0 Å². The van der Waals surface area contributed by atoms with Gasteiger partial charge in [-0.2, -0.15) is 0 Å². The molecule has 280 valence electrons. The summed E-state index contributed by atoms with van der Waals surface area (Å²) in [6.45, 7) is 7.62. The molecule has 8 rings (SSSR count). The van der Waals surface area contributed by atoms with Crippen molar-refractivity contribution in [2.75, 3.05) is 19.6 Å². The van der Waals surface area contributed by atoms with Crippen molar-refractivity contribution in [3.63, 3.8) is 0 Å². The highest BCUT2D eigenvalue weighted by atomic mass is 16.6. The van der Waals surface area contributed by atoms with E-state index in [1.807, 2.05) is 24.3 Å². The Bertz CT molecular complexity index is 1930. The molecule has 1 N–H and O–H groups in total. The Balaban J connectivity index is 1.17. The highest BCUT2D eigenvalue weighted by molar-refractivity contribution is 5.77. The molecule has 0 radical (unpaired) electrons. The van der Waals surface area contributed by atoms with Crippen LogP contribution in [0.2, 0.25) is 0 Å². The summed E-state index contributed by atoms with van der Waals surface area (Å²) in [5.41, 5.74) is 5.14. The molecule has 2 aliphatic heterocycles. The minimum atomic E-state index is -0.457. The molecular formula is C47H52N2O5. The summed E-state index contributed by atoms with van der Waals surface area (Å²) in [4.78, 5) is 32.0. The average Bonchev–Trinajstić information content (AvgIpc) is 3.53. The summed E-state index contributed by atoms with van der Waals surface area (Å²) in [5, 5.41) is 11.5. The molecule has 2 bridgehead atoms. The number of piperidine rings is 1. The van der Waals surface area contributed by atoms with Gasteiger partial charge < -0.3 is 19.5 Å². The summed E-state index contributed by atoms with van der Waals surface area (Å²) in [5.74, 6) is 0.936. The van der Waals surface area contributed by atoms with Crippen molar-refractivity contribution in [2.45, 2.75) is 94.2 Å². The molecule has 7 nitrogen and oxygen atoms in total. The van der Waals surface area contributed by atoms with E-state index in [-0.39, 0.29) is 47.4 Å². The Morgan fingerprint density at radius 3 is 2.33 bits per heavy atom. The molecule has 2 heterocycles. The van der Waals surface area contributed by atoms with Gasteiger partial charge in [0.2, 0.25) is 5.91 Å². The number of carbonyl (C=O) groups excluding carboxylic acids is 2. The van der Waals surface area contributed by atoms with Crippen LogP contribution in [0.5, 0.6) is 17.2 Å². The normalized spacial score (nSPS) is 23.7. The Morgan fingerprint density at radius 1 is 0.981 bits per heavy atom. The van der Waals surface area contributed by atoms with Gasteiger partial charge in [-0.05, 0) is 74.1 Å². The zero-order valence-electron chi connectivity index (χ0n) is 31.4. The second-order valence-electron chi connectivity index (χ2n) is 15.8. The fourth-order valence-corrected chi connectivity index (χ4v) is 10.6. The Hall–Kier alpha value is -4.88. The molecule has 4 aromatic rings. The highest BCUT2D eigenvalue weighted by Gasteiger charge is 2.67. The summed E-state index contributed by atoms with van der Waals surface area (Å²) in [7, 11) is 0. The van der Waals surface area contributed by atoms with Gasteiger partial charge in [-0.15, -0.1) is 6.58 Å². The van der Waals surface area contributed by atoms with E-state index in [1.165, 1.54) is 23.6 Å². The zero-order valence-corrected chi connectivity index (χ0v) is 31.4. The van der Waals surface area contributed by atoms with Crippen LogP contribution in [0.3, 0.4) is 0 Å². The molecule has 5 atom stereocenters. The first-order valence-corrected chi connectivity index (χ1v) is 19.9. The zero-order chi connectivity index (χ0) is 37.2. The van der Waals surface area contributed by atoms with Crippen molar-refractivity contribution in [1.29, 1.82) is 0 Å². The number of unbranched alkanes of at least 4 members (excludes halogenated alkanes) is 2. The van der Waals surface area contributed by atoms with Gasteiger partial charge in [0.25, 0.3) is 0 Å². The number of esters is 1. The van der Waals surface area contributed by atoms with E-state index in [2.05, 4.69) is 89.2 Å². The minimum Gasteiger partial charge on any atom is -0.508 e. The van der Waals surface area contributed by atoms with Crippen LogP contribution in [-0.2, 0) is 27.8 Å². The van der Waals surface area contributed by atoms with Crippen LogP contribution >= 0.6 is 0 Å². The fraction of sp³-hybridized carbons (Fsp3) is 0.404. The molecule has 2 fully saturated rings. The van der Waals surface area contributed by atoms with Gasteiger partial charge in [-0.3, -0.25) is 14.5 Å². The molecule has 1 spiro atoms. The number of rotatable bonds is 14. The van der Waals surface area contributed by atoms with E-state index < -0.39 is 11.4 Å². The van der Waals surface area contributed by atoms with E-state index in [4.69, 9.17) is 9.47 Å². The van der Waals surface area contributed by atoms with Crippen molar-refractivity contribution in [2.24, 2.45) is 5.92 Å². The molecule has 54 heavy (non-hydrogen) atoms. The number of ether oxygens (including phenoxy) is 2. The van der Waals surface area contributed by atoms with Gasteiger partial charge in [0, 0.05) is 61.0 Å². The molecular weight excluding hydrogens is 673 g/mol. The first kappa shape index (κ1) is 36.1. The maximum atomic E-state index is 14.9. The molecule has 1 saturated carbocycles. The molecule has 0 aromatic heterocycles. The molecule has 0 unspecified atom stereocenters. The predicted molar refractivity (Wildman–Crippen MR) is 211 cm³/mol. The van der Waals surface area contributed by atoms with E-state index in [1.54, 1.807) is 6.07 Å². The standard InChI is InChI=1S/C47H52N2O5/c1-3-27-48-28-26-47-38-24-25-39(46(47)54-45-42(53-32(2)50)30-41(51)36(44(45)47)29-40(38)48)49(43(52)23-15-5-10-18-33-16-8-4-9-17-33)31-37(34-19-11-6-12-20-34)35-21-13-7-14-22-35/h3-4,6-9,11-14,16-17,19-22,30,37-40,46,51H,1,5,10,15,18,23-29,31H2,2H3/t38-,39-,40+,46-,47-/m0/s1. The number of amides is 1. The fourth-order valence-electron chi connectivity index (χ4n) is 10.6. The average molecular weight is 725 g/mol. The second kappa shape index (κ2) is 15.5. The summed E-state index contributed by atoms with van der Waals surface area (Å²) < 4.78 is 12.9. The quantitative estimate of drug-likeness (QED) is 0.0610. The summed E-state index contributed by atoms with van der Waals surface area (Å²) in [6, 6.07) is 33.2. The number of likely N-dealkylation sites (tertiary alicyclic amines) is 1. The van der Waals surface area contributed by atoms with Crippen LogP contribution in [0.15, 0.2) is 110 Å². The lowest BCUT2D eigenvalue weighted by Crippen LogP contribution is -2.69. The number of phenolic OH excluding ortho intramolecular Hbond substituents is 1. The van der Waals surface area contributed by atoms with Crippen LogP contribution in [0, 0.1) is 5.92 Å². The number of nitrogens with zero attached hydrogens (tertiary/aromatic N) is 2. The van der Waals surface area contributed by atoms with Gasteiger partial charge >= 0.3 is 5.97 Å². The third kappa shape index (κ3) is 6.61. The topological polar surface area (TPSA) is 79.3 Å². The first-order valence-electron chi connectivity index (χ1n) is 19.9. The molecule has 4 aliphatic rings. The van der Waals surface area contributed by atoms with Crippen molar-refractivity contribution in [3.05, 3.63) is 138 Å². The largest absolute Gasteiger partial charge is 0.508 e. The van der Waals surface area contributed by atoms with Crippen LogP contribution in [0.25, 0.3) is 0 Å². The predicted octanol–water partition coefficient (Wildman–Crippen LogP) is 8.38. The van der Waals surface area contributed by atoms with Gasteiger partial charge in [0.15, 0.2) is 11.5 Å². The maximum Gasteiger partial charge on any atom is 0.308 e. The van der Waals surface area contributed by atoms with Crippen LogP contribution in [0.4, 0.5) is 0 Å². The van der Waals surface area contributed by atoms with E-state index in [9.17, 15) is 14.7 Å². The lowest BCUT2D eigenvalue weighted by molar-refractivity contribution is -0.143. The van der Waals surface area contributed by atoms with Crippen molar-refractivity contribution in [1.82, 2.24) is 9.80 Å². The Labute approximate surface area is 319 Å². The minimum absolute atomic E-state index is 0.0295. The van der Waals surface area contributed by atoms with Crippen LogP contribution in [0.1, 0.15) is 85.6 Å². The highest BCUT2D eigenvalue weighted by Crippen LogP contribution is 2.65. The van der Waals surface area contributed by atoms with Crippen molar-refractivity contribution in [3.8, 4) is 17.2 Å². The number of aryl methyl sites for hydroxylation is 1. The van der Waals surface area contributed by atoms with Crippen LogP contribution in [-0.4, -0.2) is 64.6 Å². The smallest absolute Gasteiger partial charge is 0.308 e. The van der Waals surface area contributed by atoms with Gasteiger partial charge in [0.05, 0.1) is 6.04 Å². The lowest BCUT2D eigenvalue weighted by Gasteiger charge is -2.60. The van der Waals surface area contributed by atoms with E-state index in [0.29, 0.717) is 25.1 Å². The van der Waals surface area contributed by atoms with Crippen molar-refractivity contribution < 1.29 is 24.2 Å².